The second-order valence-corrected chi connectivity index (χ2v) is 5.72. The summed E-state index contributed by atoms with van der Waals surface area (Å²) in [5.41, 5.74) is 1.56. The molecule has 0 saturated heterocycles. The molecule has 4 nitrogen and oxygen atoms in total. The predicted molar refractivity (Wildman–Crippen MR) is 96.8 cm³/mol. The number of hydrogen-bond acceptors (Lipinski definition) is 4. The van der Waals surface area contributed by atoms with Gasteiger partial charge >= 0.3 is 0 Å². The molecule has 0 amide bonds. The molecule has 0 aromatic heterocycles. The highest BCUT2D eigenvalue weighted by Gasteiger charge is 2.13. The molecule has 24 heavy (non-hydrogen) atoms. The minimum Gasteiger partial charge on any atom is -0.493 e. The topological polar surface area (TPSA) is 47.9 Å². The number of ether oxygens (including phenoxy) is 2. The number of hydrogen-bond donors (Lipinski definition) is 0. The summed E-state index contributed by atoms with van der Waals surface area (Å²) in [4.78, 5) is 16.5. The Balaban J connectivity index is 2.09. The lowest BCUT2D eigenvalue weighted by Gasteiger charge is -2.11. The van der Waals surface area contributed by atoms with Crippen LogP contribution in [0.1, 0.15) is 22.8 Å². The number of halogens is 1. The van der Waals surface area contributed by atoms with Crippen LogP contribution < -0.4 is 9.47 Å². The van der Waals surface area contributed by atoms with E-state index in [-0.39, 0.29) is 17.0 Å². The Morgan fingerprint density at radius 3 is 2.38 bits per heavy atom. The third-order valence-corrected chi connectivity index (χ3v) is 3.81. The largest absolute Gasteiger partial charge is 0.493 e. The first-order valence-corrected chi connectivity index (χ1v) is 7.97. The van der Waals surface area contributed by atoms with Crippen LogP contribution >= 0.6 is 11.6 Å². The number of aliphatic imine (C=N–C) groups is 1. The summed E-state index contributed by atoms with van der Waals surface area (Å²) < 4.78 is 10.5. The van der Waals surface area contributed by atoms with Gasteiger partial charge in [-0.2, -0.15) is 0 Å². The van der Waals surface area contributed by atoms with E-state index >= 15 is 0 Å². The Hall–Kier alpha value is -2.33. The van der Waals surface area contributed by atoms with Gasteiger partial charge in [-0.05, 0) is 31.0 Å². The minimum atomic E-state index is -0.267. The predicted octanol–water partition coefficient (Wildman–Crippen LogP) is 4.16. The molecule has 0 spiro atoms. The Morgan fingerprint density at radius 1 is 1.08 bits per heavy atom. The van der Waals surface area contributed by atoms with E-state index in [2.05, 4.69) is 4.99 Å². The molecule has 0 saturated carbocycles. The van der Waals surface area contributed by atoms with E-state index in [0.29, 0.717) is 23.5 Å². The molecule has 2 aromatic rings. The van der Waals surface area contributed by atoms with Crippen molar-refractivity contribution in [3.8, 4) is 11.5 Å². The van der Waals surface area contributed by atoms with Crippen molar-refractivity contribution in [3.63, 3.8) is 0 Å². The zero-order chi connectivity index (χ0) is 17.5. The van der Waals surface area contributed by atoms with Gasteiger partial charge in [-0.15, -0.1) is 0 Å². The second kappa shape index (κ2) is 8.50. The van der Waals surface area contributed by atoms with Crippen molar-refractivity contribution in [1.29, 1.82) is 0 Å². The first kappa shape index (κ1) is 18.0. The van der Waals surface area contributed by atoms with Crippen LogP contribution in [0.4, 0.5) is 0 Å². The van der Waals surface area contributed by atoms with Gasteiger partial charge in [-0.3, -0.25) is 9.79 Å². The molecular formula is C19H20ClNO3. The van der Waals surface area contributed by atoms with Crippen LogP contribution in [0.15, 0.2) is 53.5 Å². The molecule has 0 bridgehead atoms. The maximum Gasteiger partial charge on any atom is 0.222 e. The normalized spacial score (nSPS) is 12.6. The number of carbonyl (C=O) groups is 1. The van der Waals surface area contributed by atoms with E-state index in [1.165, 1.54) is 0 Å². The first-order valence-electron chi connectivity index (χ1n) is 7.59. The van der Waals surface area contributed by atoms with Crippen LogP contribution in [0.5, 0.6) is 11.5 Å². The summed E-state index contributed by atoms with van der Waals surface area (Å²) >= 11 is 6.09. The van der Waals surface area contributed by atoms with Crippen molar-refractivity contribution in [2.24, 2.45) is 4.99 Å². The molecule has 0 aliphatic rings. The summed E-state index contributed by atoms with van der Waals surface area (Å²) in [6.07, 6.45) is 0.638. The fourth-order valence-corrected chi connectivity index (χ4v) is 2.63. The van der Waals surface area contributed by atoms with Crippen LogP contribution in [0.25, 0.3) is 0 Å². The van der Waals surface area contributed by atoms with Crippen LogP contribution in [-0.2, 0) is 6.42 Å². The van der Waals surface area contributed by atoms with E-state index in [1.807, 2.05) is 31.2 Å². The Kier molecular flexibility index (Phi) is 6.38. The Labute approximate surface area is 147 Å². The van der Waals surface area contributed by atoms with Gasteiger partial charge in [-0.1, -0.05) is 48.0 Å². The van der Waals surface area contributed by atoms with Crippen molar-refractivity contribution in [3.05, 3.63) is 59.7 Å². The van der Waals surface area contributed by atoms with Crippen LogP contribution in [-0.4, -0.2) is 31.2 Å². The summed E-state index contributed by atoms with van der Waals surface area (Å²) in [7, 11) is 3.19. The third kappa shape index (κ3) is 4.59. The molecule has 2 rings (SSSR count). The van der Waals surface area contributed by atoms with Crippen molar-refractivity contribution in [2.75, 3.05) is 14.2 Å². The van der Waals surface area contributed by atoms with E-state index < -0.39 is 0 Å². The minimum absolute atomic E-state index is 0.00539. The number of carbonyl (C=O) groups excluding carboxylic acids is 1. The van der Waals surface area contributed by atoms with Crippen molar-refractivity contribution >= 4 is 22.6 Å². The molecule has 0 N–H and O–H groups in total. The number of nitrogens with zero attached hydrogens (tertiary/aromatic N) is 1. The van der Waals surface area contributed by atoms with Gasteiger partial charge in [0.1, 0.15) is 0 Å². The highest BCUT2D eigenvalue weighted by atomic mass is 35.5. The van der Waals surface area contributed by atoms with E-state index in [1.54, 1.807) is 38.5 Å². The van der Waals surface area contributed by atoms with Gasteiger partial charge in [0.15, 0.2) is 16.7 Å². The van der Waals surface area contributed by atoms with Gasteiger partial charge < -0.3 is 9.47 Å². The monoisotopic (exact) mass is 345 g/mol. The molecule has 2 aromatic carbocycles. The lowest BCUT2D eigenvalue weighted by molar-refractivity contribution is 0.106. The highest BCUT2D eigenvalue weighted by molar-refractivity contribution is 6.84. The van der Waals surface area contributed by atoms with Gasteiger partial charge in [-0.25, -0.2) is 0 Å². The first-order chi connectivity index (χ1) is 11.5. The third-order valence-electron chi connectivity index (χ3n) is 3.54. The van der Waals surface area contributed by atoms with Crippen molar-refractivity contribution in [2.45, 2.75) is 19.4 Å². The highest BCUT2D eigenvalue weighted by Crippen LogP contribution is 2.28. The van der Waals surface area contributed by atoms with Gasteiger partial charge in [0.05, 0.1) is 20.3 Å². The SMILES string of the molecule is COc1ccc(CC(C)N=C(Cl)C(=O)c2ccccc2)cc1OC. The summed E-state index contributed by atoms with van der Waals surface area (Å²) in [6.45, 7) is 1.91. The Morgan fingerprint density at radius 2 is 1.75 bits per heavy atom. The zero-order valence-electron chi connectivity index (χ0n) is 14.0. The summed E-state index contributed by atoms with van der Waals surface area (Å²) in [5.74, 6) is 1.07. The Bertz CT molecular complexity index is 729. The maximum atomic E-state index is 12.2. The molecule has 0 radical (unpaired) electrons. The molecule has 5 heteroatoms. The molecule has 126 valence electrons. The lowest BCUT2D eigenvalue weighted by Crippen LogP contribution is -2.13. The number of ketones is 1. The molecular weight excluding hydrogens is 326 g/mol. The lowest BCUT2D eigenvalue weighted by atomic mass is 10.1. The number of methoxy groups -OCH3 is 2. The summed E-state index contributed by atoms with van der Waals surface area (Å²) in [6, 6.07) is 14.4. The number of benzene rings is 2. The molecule has 1 unspecified atom stereocenters. The van der Waals surface area contributed by atoms with E-state index in [9.17, 15) is 4.79 Å². The fraction of sp³-hybridized carbons (Fsp3) is 0.263. The van der Waals surface area contributed by atoms with Crippen LogP contribution in [0, 0.1) is 0 Å². The molecule has 0 fully saturated rings. The van der Waals surface area contributed by atoms with Gasteiger partial charge in [0, 0.05) is 5.56 Å². The summed E-state index contributed by atoms with van der Waals surface area (Å²) in [5, 5.41) is -0.00539. The van der Waals surface area contributed by atoms with Crippen LogP contribution in [0.3, 0.4) is 0 Å². The average molecular weight is 346 g/mol. The number of Topliss-reactive ketones (excluding diaryl/α,β-unsaturated/α-hetero) is 1. The van der Waals surface area contributed by atoms with E-state index in [0.717, 1.165) is 5.56 Å². The van der Waals surface area contributed by atoms with E-state index in [4.69, 9.17) is 21.1 Å². The molecule has 0 aliphatic carbocycles. The van der Waals surface area contributed by atoms with Crippen LogP contribution in [0.2, 0.25) is 0 Å². The zero-order valence-corrected chi connectivity index (χ0v) is 14.7. The average Bonchev–Trinajstić information content (AvgIpc) is 2.61. The molecule has 1 atom stereocenters. The smallest absolute Gasteiger partial charge is 0.222 e. The standard InChI is InChI=1S/C19H20ClNO3/c1-13(11-14-9-10-16(23-2)17(12-14)24-3)21-19(20)18(22)15-7-5-4-6-8-15/h4-10,12-13H,11H2,1-3H3. The molecule has 0 heterocycles. The van der Waals surface area contributed by atoms with Crippen molar-refractivity contribution in [1.82, 2.24) is 0 Å². The fourth-order valence-electron chi connectivity index (χ4n) is 2.36. The quantitative estimate of drug-likeness (QED) is 0.559. The van der Waals surface area contributed by atoms with Crippen molar-refractivity contribution < 1.29 is 14.3 Å². The van der Waals surface area contributed by atoms with Gasteiger partial charge in [0.2, 0.25) is 5.78 Å². The van der Waals surface area contributed by atoms with Gasteiger partial charge in [0.25, 0.3) is 0 Å². The molecule has 0 aliphatic heterocycles. The number of rotatable bonds is 7. The second-order valence-electron chi connectivity index (χ2n) is 5.36. The maximum absolute atomic E-state index is 12.2.